The molecule has 2 aromatic carbocycles. The second-order valence-electron chi connectivity index (χ2n) is 13.4. The van der Waals surface area contributed by atoms with Gasteiger partial charge >= 0.3 is 18.4 Å². The van der Waals surface area contributed by atoms with Crippen LogP contribution in [0.25, 0.3) is 22.5 Å². The van der Waals surface area contributed by atoms with Crippen molar-refractivity contribution in [2.45, 2.75) is 37.3 Å². The van der Waals surface area contributed by atoms with Crippen molar-refractivity contribution in [1.29, 1.82) is 0 Å². The molecule has 3 aromatic heterocycles. The number of hydrogen-bond donors (Lipinski definition) is 2. The number of alkyl halides is 6. The molecule has 9 rings (SSSR count). The Morgan fingerprint density at radius 2 is 1.33 bits per heavy atom. The van der Waals surface area contributed by atoms with E-state index in [1.807, 2.05) is 12.1 Å². The number of carbonyl (C=O) groups is 1. The monoisotopic (exact) mass is 808 g/mol. The minimum absolute atomic E-state index is 0.0843. The first-order valence-corrected chi connectivity index (χ1v) is 18.0. The third-order valence-corrected chi connectivity index (χ3v) is 10.3. The minimum atomic E-state index is -4.45. The van der Waals surface area contributed by atoms with Crippen LogP contribution in [0.1, 0.15) is 24.0 Å². The molecule has 2 N–H and O–H groups in total. The zero-order valence-corrected chi connectivity index (χ0v) is 29.9. The van der Waals surface area contributed by atoms with Gasteiger partial charge in [-0.3, -0.25) is 10.2 Å². The third-order valence-electron chi connectivity index (χ3n) is 9.84. The molecule has 0 unspecified atom stereocenters. The maximum absolute atomic E-state index is 13.2. The predicted molar refractivity (Wildman–Crippen MR) is 198 cm³/mol. The molecule has 4 aliphatic heterocycles. The van der Waals surface area contributed by atoms with Crippen LogP contribution in [0, 0.1) is 0 Å². The summed E-state index contributed by atoms with van der Waals surface area (Å²) in [6, 6.07) is 22.7. The van der Waals surface area contributed by atoms with Crippen molar-refractivity contribution in [2.75, 3.05) is 51.5 Å². The van der Waals surface area contributed by atoms with Gasteiger partial charge in [-0.1, -0.05) is 30.3 Å². The van der Waals surface area contributed by atoms with E-state index in [-0.39, 0.29) is 12.1 Å². The predicted octanol–water partition coefficient (Wildman–Crippen LogP) is 9.33. The van der Waals surface area contributed by atoms with Crippen LogP contribution in [0.3, 0.4) is 0 Å². The minimum Gasteiger partial charge on any atom is -0.366 e. The van der Waals surface area contributed by atoms with Gasteiger partial charge < -0.3 is 15.1 Å². The van der Waals surface area contributed by atoms with Crippen LogP contribution in [-0.4, -0.2) is 59.2 Å². The van der Waals surface area contributed by atoms with Crippen LogP contribution in [0.4, 0.5) is 60.0 Å². The lowest BCUT2D eigenvalue weighted by atomic mass is 10.1. The summed E-state index contributed by atoms with van der Waals surface area (Å²) in [6.07, 6.45) is -6.95. The highest BCUT2D eigenvalue weighted by Gasteiger charge is 2.41. The van der Waals surface area contributed by atoms with Gasteiger partial charge in [-0.05, 0) is 89.4 Å². The first-order valence-electron chi connectivity index (χ1n) is 17.2. The molecule has 16 heteroatoms. The number of halogens is 7. The van der Waals surface area contributed by atoms with Crippen molar-refractivity contribution < 1.29 is 31.1 Å². The average Bonchev–Trinajstić information content (AvgIpc) is 3.75. The number of pyridine rings is 3. The quantitative estimate of drug-likeness (QED) is 0.139. The third kappa shape index (κ3) is 7.13. The summed E-state index contributed by atoms with van der Waals surface area (Å²) < 4.78 is 78.6. The Morgan fingerprint density at radius 1 is 0.722 bits per heavy atom. The number of nitrogens with one attached hydrogen (secondary N) is 2. The highest BCUT2D eigenvalue weighted by molar-refractivity contribution is 9.10. The van der Waals surface area contributed by atoms with E-state index in [1.54, 1.807) is 47.4 Å². The van der Waals surface area contributed by atoms with E-state index in [1.165, 1.54) is 12.1 Å². The van der Waals surface area contributed by atoms with Crippen molar-refractivity contribution in [2.24, 2.45) is 0 Å². The first kappa shape index (κ1) is 35.6. The average molecular weight is 810 g/mol. The molecule has 4 bridgehead atoms. The molecule has 5 aromatic rings. The van der Waals surface area contributed by atoms with Crippen molar-refractivity contribution in [3.8, 4) is 22.5 Å². The van der Waals surface area contributed by atoms with Crippen LogP contribution in [0.15, 0.2) is 95.6 Å². The zero-order valence-electron chi connectivity index (χ0n) is 28.3. The smallest absolute Gasteiger partial charge is 0.366 e. The van der Waals surface area contributed by atoms with E-state index < -0.39 is 23.5 Å². The molecular weight excluding hydrogens is 778 g/mol. The summed E-state index contributed by atoms with van der Waals surface area (Å²) in [6.45, 7) is 3.42. The lowest BCUT2D eigenvalue weighted by Gasteiger charge is -2.35. The largest absolute Gasteiger partial charge is 0.416 e. The lowest BCUT2D eigenvalue weighted by Crippen LogP contribution is -2.48. The van der Waals surface area contributed by atoms with E-state index in [2.05, 4.69) is 51.3 Å². The van der Waals surface area contributed by atoms with Crippen LogP contribution >= 0.6 is 15.9 Å². The summed E-state index contributed by atoms with van der Waals surface area (Å²) in [5, 5.41) is 6.17. The zero-order chi connectivity index (χ0) is 37.8. The Bertz CT molecular complexity index is 2230. The Morgan fingerprint density at radius 3 is 2.00 bits per heavy atom. The Kier molecular flexibility index (Phi) is 9.10. The molecule has 278 valence electrons. The van der Waals surface area contributed by atoms with E-state index in [0.717, 1.165) is 73.9 Å². The molecule has 4 aliphatic rings. The Balaban J connectivity index is 0.000000164. The number of carbonyl (C=O) groups excluding carboxylic acids is 1. The first-order chi connectivity index (χ1) is 25.8. The highest BCUT2D eigenvalue weighted by Crippen LogP contribution is 2.41. The summed E-state index contributed by atoms with van der Waals surface area (Å²) >= 11 is 3.29. The molecule has 0 aliphatic carbocycles. The lowest BCUT2D eigenvalue weighted by molar-refractivity contribution is -0.138. The van der Waals surface area contributed by atoms with Crippen LogP contribution < -0.4 is 25.3 Å². The number of amides is 2. The molecule has 2 amide bonds. The van der Waals surface area contributed by atoms with E-state index in [9.17, 15) is 31.1 Å². The fourth-order valence-corrected chi connectivity index (χ4v) is 7.60. The van der Waals surface area contributed by atoms with Gasteiger partial charge in [0.05, 0.1) is 39.9 Å². The normalized spacial score (nSPS) is 18.3. The topological polar surface area (TPSA) is 89.5 Å². The van der Waals surface area contributed by atoms with Gasteiger partial charge in [-0.2, -0.15) is 26.3 Å². The molecule has 0 saturated carbocycles. The second-order valence-corrected chi connectivity index (χ2v) is 14.2. The number of anilines is 5. The molecule has 7 heterocycles. The number of urea groups is 1. The van der Waals surface area contributed by atoms with Crippen LogP contribution in [-0.2, 0) is 12.4 Å². The van der Waals surface area contributed by atoms with E-state index in [0.29, 0.717) is 51.3 Å². The number of fused-ring (bicyclic) bond motifs is 8. The molecule has 0 spiro atoms. The molecule has 0 radical (unpaired) electrons. The maximum atomic E-state index is 13.2. The number of benzene rings is 2. The van der Waals surface area contributed by atoms with E-state index >= 15 is 0 Å². The van der Waals surface area contributed by atoms with Gasteiger partial charge in [-0.15, -0.1) is 0 Å². The molecule has 2 fully saturated rings. The fraction of sp³-hybridized carbons (Fsp3) is 0.263. The Labute approximate surface area is 314 Å². The number of nitrogens with zero attached hydrogens (tertiary/aromatic N) is 6. The molecule has 54 heavy (non-hydrogen) atoms. The van der Waals surface area contributed by atoms with Crippen LogP contribution in [0.5, 0.6) is 0 Å². The number of rotatable bonds is 3. The standard InChI is InChI=1S/C22H17BrF3N5O.C16H14F3N3/c23-18-5-2-6-19(28-18)29-21(32)31-15-9-10-30(12-15)17-8-7-16(27-20(17)31)13-3-1-4-14(11-13)22(24,25)26;17-16(18,19)11-3-1-2-10(8-11)13-4-5-14-15(21-13)20-12-6-7-22(14)9-12/h1-8,11,15H,9-10,12H2,(H,28,29,32);1-5,8,12H,6-7,9H2,(H,20,21)/t15-;12-/m00/s1. The van der Waals surface area contributed by atoms with Crippen molar-refractivity contribution in [3.05, 3.63) is 107 Å². The van der Waals surface area contributed by atoms with Crippen molar-refractivity contribution >= 4 is 50.8 Å². The second kappa shape index (κ2) is 13.8. The van der Waals surface area contributed by atoms with Gasteiger partial charge in [-0.25, -0.2) is 19.7 Å². The molecule has 2 atom stereocenters. The number of hydrogen-bond acceptors (Lipinski definition) is 7. The van der Waals surface area contributed by atoms with Crippen molar-refractivity contribution in [1.82, 2.24) is 15.0 Å². The van der Waals surface area contributed by atoms with Gasteiger partial charge in [0.1, 0.15) is 10.4 Å². The number of aromatic nitrogens is 3. The molecular formula is C38H31BrF6N8O. The van der Waals surface area contributed by atoms with Crippen LogP contribution in [0.2, 0.25) is 0 Å². The fourth-order valence-electron chi connectivity index (χ4n) is 7.25. The summed E-state index contributed by atoms with van der Waals surface area (Å²) in [5.74, 6) is 1.59. The summed E-state index contributed by atoms with van der Waals surface area (Å²) in [7, 11) is 0. The van der Waals surface area contributed by atoms with Gasteiger partial charge in [0.15, 0.2) is 11.6 Å². The molecule has 9 nitrogen and oxygen atoms in total. The highest BCUT2D eigenvalue weighted by atomic mass is 79.9. The SMILES string of the molecule is FC(F)(F)c1cccc(-c2ccc3c(n2)N[C@H]2CCN3C2)c1.O=C(Nc1cccc(Br)n1)N1c2nc(-c3cccc(C(F)(F)F)c3)ccc2N2CC[C@H]1C2. The van der Waals surface area contributed by atoms with Gasteiger partial charge in [0, 0.05) is 43.3 Å². The van der Waals surface area contributed by atoms with Gasteiger partial charge in [0.25, 0.3) is 0 Å². The maximum Gasteiger partial charge on any atom is 0.416 e. The van der Waals surface area contributed by atoms with Crippen molar-refractivity contribution in [3.63, 3.8) is 0 Å². The van der Waals surface area contributed by atoms with E-state index in [4.69, 9.17) is 0 Å². The molecule has 2 saturated heterocycles. The summed E-state index contributed by atoms with van der Waals surface area (Å²) in [4.78, 5) is 32.6. The van der Waals surface area contributed by atoms with Gasteiger partial charge in [0.2, 0.25) is 0 Å². The Hall–Kier alpha value is -5.38. The summed E-state index contributed by atoms with van der Waals surface area (Å²) in [5.41, 5.74) is 2.17.